The zero-order chi connectivity index (χ0) is 14.7. The third-order valence-corrected chi connectivity index (χ3v) is 2.89. The second kappa shape index (κ2) is 5.64. The lowest BCUT2D eigenvalue weighted by molar-refractivity contribution is -0.385. The van der Waals surface area contributed by atoms with Crippen LogP contribution in [-0.2, 0) is 4.79 Å². The number of amides is 2. The van der Waals surface area contributed by atoms with E-state index in [4.69, 9.17) is 0 Å². The average molecular weight is 281 g/mol. The van der Waals surface area contributed by atoms with Gasteiger partial charge in [-0.1, -0.05) is 0 Å². The average Bonchev–Trinajstić information content (AvgIpc) is 2.61. The number of hydrogen-bond acceptors (Lipinski definition) is 4. The number of rotatable bonds is 2. The summed E-state index contributed by atoms with van der Waals surface area (Å²) in [4.78, 5) is 34.7. The lowest BCUT2D eigenvalue weighted by atomic mass is 10.1. The van der Waals surface area contributed by atoms with Crippen LogP contribution < -0.4 is 5.32 Å². The predicted molar refractivity (Wildman–Crippen MR) is 66.6 cm³/mol. The molecule has 0 aliphatic carbocycles. The number of carbonyl (C=O) groups is 2. The van der Waals surface area contributed by atoms with Crippen LogP contribution in [-0.4, -0.2) is 41.3 Å². The summed E-state index contributed by atoms with van der Waals surface area (Å²) in [7, 11) is 0. The van der Waals surface area contributed by atoms with E-state index in [1.165, 1.54) is 4.90 Å². The van der Waals surface area contributed by atoms with Crippen molar-refractivity contribution in [2.24, 2.45) is 0 Å². The molecule has 0 saturated carbocycles. The molecule has 1 aromatic carbocycles. The SMILES string of the molecule is O=C1CN(C(=O)c2cc(F)cc([N+](=O)[O-])c2)CCCN1. The van der Waals surface area contributed by atoms with E-state index in [1.54, 1.807) is 0 Å². The van der Waals surface area contributed by atoms with Crippen molar-refractivity contribution in [3.63, 3.8) is 0 Å². The zero-order valence-corrected chi connectivity index (χ0v) is 10.5. The number of benzene rings is 1. The van der Waals surface area contributed by atoms with Crippen LogP contribution in [0.2, 0.25) is 0 Å². The highest BCUT2D eigenvalue weighted by molar-refractivity contribution is 5.97. The topological polar surface area (TPSA) is 92.5 Å². The molecule has 2 rings (SSSR count). The molecule has 1 aliphatic heterocycles. The van der Waals surface area contributed by atoms with Crippen LogP contribution in [0.25, 0.3) is 0 Å². The lowest BCUT2D eigenvalue weighted by Gasteiger charge is -2.18. The molecule has 1 heterocycles. The van der Waals surface area contributed by atoms with Crippen LogP contribution in [0, 0.1) is 15.9 Å². The van der Waals surface area contributed by atoms with Crippen LogP contribution in [0.5, 0.6) is 0 Å². The fourth-order valence-electron chi connectivity index (χ4n) is 1.96. The van der Waals surface area contributed by atoms with Crippen molar-refractivity contribution in [2.45, 2.75) is 6.42 Å². The Bertz CT molecular complexity index is 576. The third kappa shape index (κ3) is 3.08. The maximum Gasteiger partial charge on any atom is 0.273 e. The van der Waals surface area contributed by atoms with E-state index in [9.17, 15) is 24.1 Å². The van der Waals surface area contributed by atoms with Gasteiger partial charge < -0.3 is 10.2 Å². The fraction of sp³-hybridized carbons (Fsp3) is 0.333. The first-order valence-electron chi connectivity index (χ1n) is 5.98. The molecule has 0 radical (unpaired) electrons. The van der Waals surface area contributed by atoms with Crippen molar-refractivity contribution >= 4 is 17.5 Å². The van der Waals surface area contributed by atoms with Gasteiger partial charge in [-0.2, -0.15) is 0 Å². The number of carbonyl (C=O) groups excluding carboxylic acids is 2. The van der Waals surface area contributed by atoms with Gasteiger partial charge in [0.25, 0.3) is 11.6 Å². The Hall–Kier alpha value is -2.51. The summed E-state index contributed by atoms with van der Waals surface area (Å²) in [5, 5.41) is 13.3. The second-order valence-electron chi connectivity index (χ2n) is 4.39. The number of non-ortho nitro benzene ring substituents is 1. The van der Waals surface area contributed by atoms with Gasteiger partial charge in [0.1, 0.15) is 5.82 Å². The Morgan fingerprint density at radius 2 is 2.15 bits per heavy atom. The summed E-state index contributed by atoms with van der Waals surface area (Å²) in [6.07, 6.45) is 0.578. The number of nitro benzene ring substituents is 1. The molecule has 1 saturated heterocycles. The molecule has 2 amide bonds. The zero-order valence-electron chi connectivity index (χ0n) is 10.5. The number of hydrogen-bond donors (Lipinski definition) is 1. The Morgan fingerprint density at radius 1 is 1.40 bits per heavy atom. The summed E-state index contributed by atoms with van der Waals surface area (Å²) in [6, 6.07) is 2.68. The standard InChI is InChI=1S/C12H12FN3O4/c13-9-4-8(5-10(6-9)16(19)20)12(18)15-3-1-2-14-11(17)7-15/h4-6H,1-3,7H2,(H,14,17). The smallest absolute Gasteiger partial charge is 0.273 e. The van der Waals surface area contributed by atoms with E-state index in [0.29, 0.717) is 19.5 Å². The van der Waals surface area contributed by atoms with Crippen LogP contribution in [0.3, 0.4) is 0 Å². The second-order valence-corrected chi connectivity index (χ2v) is 4.39. The fourth-order valence-corrected chi connectivity index (χ4v) is 1.96. The van der Waals surface area contributed by atoms with E-state index < -0.39 is 22.3 Å². The van der Waals surface area contributed by atoms with Crippen LogP contribution in [0.15, 0.2) is 18.2 Å². The van der Waals surface area contributed by atoms with Crippen molar-refractivity contribution in [1.29, 1.82) is 0 Å². The minimum absolute atomic E-state index is 0.133. The largest absolute Gasteiger partial charge is 0.354 e. The van der Waals surface area contributed by atoms with Crippen molar-refractivity contribution < 1.29 is 18.9 Å². The van der Waals surface area contributed by atoms with E-state index in [1.807, 2.05) is 0 Å². The quantitative estimate of drug-likeness (QED) is 0.637. The van der Waals surface area contributed by atoms with Gasteiger partial charge in [-0.15, -0.1) is 0 Å². The lowest BCUT2D eigenvalue weighted by Crippen LogP contribution is -2.37. The molecule has 8 heteroatoms. The minimum atomic E-state index is -0.859. The minimum Gasteiger partial charge on any atom is -0.354 e. The molecule has 0 atom stereocenters. The number of nitrogens with one attached hydrogen (secondary N) is 1. The summed E-state index contributed by atoms with van der Waals surface area (Å²) in [5.74, 6) is -1.76. The summed E-state index contributed by atoms with van der Waals surface area (Å²) >= 11 is 0. The molecule has 1 aromatic rings. The number of nitro groups is 1. The first kappa shape index (κ1) is 13.9. The van der Waals surface area contributed by atoms with E-state index in [0.717, 1.165) is 18.2 Å². The van der Waals surface area contributed by atoms with Crippen LogP contribution in [0.4, 0.5) is 10.1 Å². The first-order valence-corrected chi connectivity index (χ1v) is 5.98. The molecular formula is C12H12FN3O4. The van der Waals surface area contributed by atoms with E-state index >= 15 is 0 Å². The molecule has 0 aromatic heterocycles. The summed E-state index contributed by atoms with van der Waals surface area (Å²) in [6.45, 7) is 0.664. The molecule has 1 aliphatic rings. The van der Waals surface area contributed by atoms with Gasteiger partial charge in [0.2, 0.25) is 5.91 Å². The van der Waals surface area contributed by atoms with Crippen molar-refractivity contribution in [2.75, 3.05) is 19.6 Å². The van der Waals surface area contributed by atoms with Gasteiger partial charge in [-0.3, -0.25) is 19.7 Å². The Balaban J connectivity index is 2.28. The third-order valence-electron chi connectivity index (χ3n) is 2.89. The van der Waals surface area contributed by atoms with E-state index in [2.05, 4.69) is 5.32 Å². The molecule has 0 bridgehead atoms. The first-order chi connectivity index (χ1) is 9.47. The Kier molecular flexibility index (Phi) is 3.92. The van der Waals surface area contributed by atoms with Gasteiger partial charge in [-0.25, -0.2) is 4.39 Å². The molecule has 20 heavy (non-hydrogen) atoms. The van der Waals surface area contributed by atoms with Gasteiger partial charge in [0.15, 0.2) is 0 Å². The summed E-state index contributed by atoms with van der Waals surface area (Å²) in [5.41, 5.74) is -0.626. The number of nitrogens with zero attached hydrogens (tertiary/aromatic N) is 2. The Morgan fingerprint density at radius 3 is 2.85 bits per heavy atom. The highest BCUT2D eigenvalue weighted by Crippen LogP contribution is 2.18. The summed E-state index contributed by atoms with van der Waals surface area (Å²) < 4.78 is 13.3. The highest BCUT2D eigenvalue weighted by atomic mass is 19.1. The monoisotopic (exact) mass is 281 g/mol. The number of halogens is 1. The van der Waals surface area contributed by atoms with Gasteiger partial charge in [-0.05, 0) is 12.5 Å². The Labute approximate surface area is 113 Å². The molecule has 7 nitrogen and oxygen atoms in total. The predicted octanol–water partition coefficient (Wildman–Crippen LogP) is 0.696. The van der Waals surface area contributed by atoms with Crippen molar-refractivity contribution in [3.05, 3.63) is 39.7 Å². The van der Waals surface area contributed by atoms with Gasteiger partial charge in [0.05, 0.1) is 17.5 Å². The highest BCUT2D eigenvalue weighted by Gasteiger charge is 2.23. The molecule has 1 N–H and O–H groups in total. The van der Waals surface area contributed by atoms with Crippen molar-refractivity contribution in [1.82, 2.24) is 10.2 Å². The van der Waals surface area contributed by atoms with Gasteiger partial charge in [0, 0.05) is 24.7 Å². The molecule has 0 spiro atoms. The molecule has 1 fully saturated rings. The molecule has 0 unspecified atom stereocenters. The normalized spacial score (nSPS) is 15.4. The van der Waals surface area contributed by atoms with Gasteiger partial charge >= 0.3 is 0 Å². The van der Waals surface area contributed by atoms with Crippen LogP contribution >= 0.6 is 0 Å². The maximum absolute atomic E-state index is 13.3. The maximum atomic E-state index is 13.3. The van der Waals surface area contributed by atoms with Crippen LogP contribution in [0.1, 0.15) is 16.8 Å². The van der Waals surface area contributed by atoms with E-state index in [-0.39, 0.29) is 18.0 Å². The van der Waals surface area contributed by atoms with Crippen molar-refractivity contribution in [3.8, 4) is 0 Å². The molecule has 106 valence electrons. The molecular weight excluding hydrogens is 269 g/mol.